The summed E-state index contributed by atoms with van der Waals surface area (Å²) in [5.41, 5.74) is 1.31. The molecule has 0 fully saturated rings. The van der Waals surface area contributed by atoms with Gasteiger partial charge in [-0.1, -0.05) is 60.3 Å². The molecule has 0 N–H and O–H groups in total. The minimum absolute atomic E-state index is 1.31. The molecule has 0 heteroatoms. The van der Waals surface area contributed by atoms with Gasteiger partial charge in [0.2, 0.25) is 0 Å². The Hall–Kier alpha value is -1.30. The Morgan fingerprint density at radius 3 is 1.62 bits per heavy atom. The van der Waals surface area contributed by atoms with Crippen LogP contribution in [-0.4, -0.2) is 0 Å². The quantitative estimate of drug-likeness (QED) is 0.560. The second-order valence-electron chi connectivity index (χ2n) is 2.92. The zero-order valence-electron chi connectivity index (χ0n) is 8.70. The van der Waals surface area contributed by atoms with Crippen LogP contribution in [0.3, 0.4) is 0 Å². The van der Waals surface area contributed by atoms with Gasteiger partial charge in [0.05, 0.1) is 0 Å². The highest BCUT2D eigenvalue weighted by Crippen LogP contribution is 1.89. The molecule has 0 unspecified atom stereocenters. The predicted octanol–water partition coefficient (Wildman–Crippen LogP) is 4.20. The lowest BCUT2D eigenvalue weighted by molar-refractivity contribution is 1.39. The van der Waals surface area contributed by atoms with Gasteiger partial charge in [-0.05, 0) is 20.8 Å². The summed E-state index contributed by atoms with van der Waals surface area (Å²) in [6, 6.07) is 0. The summed E-state index contributed by atoms with van der Waals surface area (Å²) in [6.45, 7) is 6.17. The fourth-order valence-corrected chi connectivity index (χ4v) is 0.680. The topological polar surface area (TPSA) is 0 Å². The van der Waals surface area contributed by atoms with Gasteiger partial charge in [-0.3, -0.25) is 0 Å². The molecule has 0 amide bonds. The second-order valence-corrected chi connectivity index (χ2v) is 2.92. The van der Waals surface area contributed by atoms with Gasteiger partial charge in [0.1, 0.15) is 0 Å². The molecule has 0 nitrogen and oxygen atoms in total. The minimum Gasteiger partial charge on any atom is -0.0877 e. The first-order chi connectivity index (χ1) is 6.27. The lowest BCUT2D eigenvalue weighted by Crippen LogP contribution is -1.58. The van der Waals surface area contributed by atoms with Crippen LogP contribution in [0.25, 0.3) is 0 Å². The maximum Gasteiger partial charge on any atom is -0.0439 e. The van der Waals surface area contributed by atoms with E-state index in [2.05, 4.69) is 19.9 Å². The van der Waals surface area contributed by atoms with E-state index in [1.807, 2.05) is 55.5 Å². The van der Waals surface area contributed by atoms with Gasteiger partial charge in [-0.2, -0.15) is 0 Å². The summed E-state index contributed by atoms with van der Waals surface area (Å²) in [5.74, 6) is 0. The molecule has 13 heavy (non-hydrogen) atoms. The summed E-state index contributed by atoms with van der Waals surface area (Å²) >= 11 is 0. The van der Waals surface area contributed by atoms with Crippen molar-refractivity contribution in [2.75, 3.05) is 0 Å². The Morgan fingerprint density at radius 1 is 0.692 bits per heavy atom. The molecule has 0 saturated carbocycles. The van der Waals surface area contributed by atoms with Crippen LogP contribution < -0.4 is 0 Å². The second kappa shape index (κ2) is 8.79. The van der Waals surface area contributed by atoms with Crippen molar-refractivity contribution in [3.05, 3.63) is 60.3 Å². The van der Waals surface area contributed by atoms with Crippen molar-refractivity contribution in [1.29, 1.82) is 0 Å². The monoisotopic (exact) mass is 174 g/mol. The molecule has 0 aliphatic carbocycles. The zero-order valence-corrected chi connectivity index (χ0v) is 8.70. The maximum atomic E-state index is 2.08. The van der Waals surface area contributed by atoms with Crippen LogP contribution in [0.2, 0.25) is 0 Å². The van der Waals surface area contributed by atoms with Crippen molar-refractivity contribution in [2.24, 2.45) is 0 Å². The predicted molar refractivity (Wildman–Crippen MR) is 61.7 cm³/mol. The lowest BCUT2D eigenvalue weighted by atomic mass is 10.3. The first kappa shape index (κ1) is 11.7. The minimum atomic E-state index is 1.31. The standard InChI is InChI=1S/C13H18/c1-4-5-6-7-8-9-10-11-12-13(2)3/h4-12H,1-3H3. The fourth-order valence-electron chi connectivity index (χ4n) is 0.680. The molecule has 0 radical (unpaired) electrons. The smallest absolute Gasteiger partial charge is 0.0439 e. The number of rotatable bonds is 4. The van der Waals surface area contributed by atoms with Crippen LogP contribution in [0.5, 0.6) is 0 Å². The van der Waals surface area contributed by atoms with E-state index in [0.717, 1.165) is 0 Å². The molecule has 0 heterocycles. The largest absolute Gasteiger partial charge is 0.0877 e. The number of hydrogen-bond donors (Lipinski definition) is 0. The molecule has 0 atom stereocenters. The molecule has 0 saturated heterocycles. The summed E-state index contributed by atoms with van der Waals surface area (Å²) < 4.78 is 0. The molecule has 0 aromatic rings. The first-order valence-electron chi connectivity index (χ1n) is 4.53. The van der Waals surface area contributed by atoms with Crippen molar-refractivity contribution in [3.8, 4) is 0 Å². The molecular formula is C13H18. The van der Waals surface area contributed by atoms with Gasteiger partial charge >= 0.3 is 0 Å². The van der Waals surface area contributed by atoms with Crippen molar-refractivity contribution >= 4 is 0 Å². The summed E-state index contributed by atoms with van der Waals surface area (Å²) in [4.78, 5) is 0. The Bertz CT molecular complexity index is 243. The third-order valence-corrected chi connectivity index (χ3v) is 1.29. The van der Waals surface area contributed by atoms with E-state index >= 15 is 0 Å². The van der Waals surface area contributed by atoms with Crippen molar-refractivity contribution in [3.63, 3.8) is 0 Å². The van der Waals surface area contributed by atoms with Crippen LogP contribution in [0.15, 0.2) is 60.3 Å². The number of allylic oxidation sites excluding steroid dienone is 10. The average Bonchev–Trinajstić information content (AvgIpc) is 2.09. The Labute approximate surface area is 81.7 Å². The number of hydrogen-bond acceptors (Lipinski definition) is 0. The molecule has 0 aliphatic heterocycles. The third-order valence-electron chi connectivity index (χ3n) is 1.29. The fraction of sp³-hybridized carbons (Fsp3) is 0.231. The molecule has 0 aromatic heterocycles. The van der Waals surface area contributed by atoms with Gasteiger partial charge in [-0.15, -0.1) is 0 Å². The van der Waals surface area contributed by atoms with Gasteiger partial charge in [0, 0.05) is 0 Å². The van der Waals surface area contributed by atoms with E-state index in [1.54, 1.807) is 0 Å². The van der Waals surface area contributed by atoms with Gasteiger partial charge in [0.15, 0.2) is 0 Å². The van der Waals surface area contributed by atoms with Crippen LogP contribution in [-0.2, 0) is 0 Å². The summed E-state index contributed by atoms with van der Waals surface area (Å²) in [6.07, 6.45) is 18.2. The van der Waals surface area contributed by atoms with E-state index < -0.39 is 0 Å². The van der Waals surface area contributed by atoms with Crippen molar-refractivity contribution in [1.82, 2.24) is 0 Å². The van der Waals surface area contributed by atoms with E-state index in [9.17, 15) is 0 Å². The average molecular weight is 174 g/mol. The highest BCUT2D eigenvalue weighted by molar-refractivity contribution is 5.18. The van der Waals surface area contributed by atoms with Crippen molar-refractivity contribution < 1.29 is 0 Å². The molecule has 0 aliphatic rings. The van der Waals surface area contributed by atoms with Gasteiger partial charge in [-0.25, -0.2) is 0 Å². The SMILES string of the molecule is CC=CC=CC=CC=CC=C(C)C. The molecule has 70 valence electrons. The van der Waals surface area contributed by atoms with Crippen LogP contribution in [0, 0.1) is 0 Å². The summed E-state index contributed by atoms with van der Waals surface area (Å²) in [7, 11) is 0. The van der Waals surface area contributed by atoms with E-state index in [1.165, 1.54) is 5.57 Å². The molecule has 0 spiro atoms. The third kappa shape index (κ3) is 10.7. The van der Waals surface area contributed by atoms with Gasteiger partial charge in [0.25, 0.3) is 0 Å². The molecular weight excluding hydrogens is 156 g/mol. The normalized spacial score (nSPS) is 12.5. The molecule has 0 rings (SSSR count). The van der Waals surface area contributed by atoms with Crippen molar-refractivity contribution in [2.45, 2.75) is 20.8 Å². The highest BCUT2D eigenvalue weighted by Gasteiger charge is 1.67. The lowest BCUT2D eigenvalue weighted by Gasteiger charge is -1.79. The summed E-state index contributed by atoms with van der Waals surface area (Å²) in [5, 5.41) is 0. The van der Waals surface area contributed by atoms with Crippen LogP contribution in [0.4, 0.5) is 0 Å². The highest BCUT2D eigenvalue weighted by atomic mass is 13.7. The van der Waals surface area contributed by atoms with E-state index in [-0.39, 0.29) is 0 Å². The Balaban J connectivity index is 3.75. The zero-order chi connectivity index (χ0) is 9.94. The van der Waals surface area contributed by atoms with E-state index in [4.69, 9.17) is 0 Å². The maximum absolute atomic E-state index is 2.08. The Morgan fingerprint density at radius 2 is 1.15 bits per heavy atom. The Kier molecular flexibility index (Phi) is 7.91. The first-order valence-corrected chi connectivity index (χ1v) is 4.53. The van der Waals surface area contributed by atoms with E-state index in [0.29, 0.717) is 0 Å². The van der Waals surface area contributed by atoms with Crippen LogP contribution >= 0.6 is 0 Å². The molecule has 0 bridgehead atoms. The van der Waals surface area contributed by atoms with Crippen LogP contribution in [0.1, 0.15) is 20.8 Å². The molecule has 0 aromatic carbocycles. The van der Waals surface area contributed by atoms with Gasteiger partial charge < -0.3 is 0 Å².